The maximum absolute atomic E-state index is 5.34. The van der Waals surface area contributed by atoms with Crippen LogP contribution in [0.4, 0.5) is 5.69 Å². The second-order valence-corrected chi connectivity index (χ2v) is 5.07. The van der Waals surface area contributed by atoms with Crippen molar-refractivity contribution in [2.75, 3.05) is 19.0 Å². The van der Waals surface area contributed by atoms with Crippen molar-refractivity contribution in [3.63, 3.8) is 0 Å². The molecule has 0 aromatic heterocycles. The normalized spacial score (nSPS) is 9.95. The fourth-order valence-corrected chi connectivity index (χ4v) is 2.31. The molecular formula is C17H20N2OS. The quantitative estimate of drug-likeness (QED) is 0.631. The Hall–Kier alpha value is -2.07. The van der Waals surface area contributed by atoms with Gasteiger partial charge in [-0.25, -0.2) is 0 Å². The largest absolute Gasteiger partial charge is 0.496 e. The summed E-state index contributed by atoms with van der Waals surface area (Å²) < 4.78 is 5.34. The molecule has 2 aromatic rings. The fourth-order valence-electron chi connectivity index (χ4n) is 2.09. The van der Waals surface area contributed by atoms with Gasteiger partial charge in [0.15, 0.2) is 5.11 Å². The van der Waals surface area contributed by atoms with E-state index in [0.29, 0.717) is 5.11 Å². The van der Waals surface area contributed by atoms with Crippen molar-refractivity contribution in [2.45, 2.75) is 12.8 Å². The van der Waals surface area contributed by atoms with E-state index in [9.17, 15) is 0 Å². The molecule has 0 aliphatic carbocycles. The molecule has 0 saturated carbocycles. The lowest BCUT2D eigenvalue weighted by atomic mass is 10.1. The molecule has 0 radical (unpaired) electrons. The molecule has 2 rings (SSSR count). The highest BCUT2D eigenvalue weighted by molar-refractivity contribution is 7.80. The van der Waals surface area contributed by atoms with Gasteiger partial charge in [-0.15, -0.1) is 0 Å². The van der Waals surface area contributed by atoms with Gasteiger partial charge in [-0.05, 0) is 48.8 Å². The van der Waals surface area contributed by atoms with E-state index in [-0.39, 0.29) is 0 Å². The first-order chi connectivity index (χ1) is 10.3. The van der Waals surface area contributed by atoms with E-state index in [4.69, 9.17) is 17.0 Å². The number of hydrogen-bond donors (Lipinski definition) is 2. The van der Waals surface area contributed by atoms with Crippen LogP contribution in [0.5, 0.6) is 5.75 Å². The Morgan fingerprint density at radius 2 is 1.76 bits per heavy atom. The highest BCUT2D eigenvalue weighted by Gasteiger charge is 2.01. The van der Waals surface area contributed by atoms with Crippen molar-refractivity contribution in [1.82, 2.24) is 5.32 Å². The van der Waals surface area contributed by atoms with Crippen LogP contribution >= 0.6 is 12.2 Å². The highest BCUT2D eigenvalue weighted by Crippen LogP contribution is 2.18. The Kier molecular flexibility index (Phi) is 6.03. The summed E-state index contributed by atoms with van der Waals surface area (Å²) in [6.07, 6.45) is 1.96. The lowest BCUT2D eigenvalue weighted by molar-refractivity contribution is 0.409. The van der Waals surface area contributed by atoms with Crippen molar-refractivity contribution in [1.29, 1.82) is 0 Å². The predicted octanol–water partition coefficient (Wildman–Crippen LogP) is 3.61. The average molecular weight is 300 g/mol. The van der Waals surface area contributed by atoms with Crippen LogP contribution in [-0.2, 0) is 6.42 Å². The van der Waals surface area contributed by atoms with Crippen LogP contribution < -0.4 is 15.4 Å². The summed E-state index contributed by atoms with van der Waals surface area (Å²) in [5.41, 5.74) is 2.23. The Balaban J connectivity index is 1.71. The van der Waals surface area contributed by atoms with Crippen LogP contribution in [0.25, 0.3) is 0 Å². The number of hydrogen-bond acceptors (Lipinski definition) is 2. The van der Waals surface area contributed by atoms with E-state index in [1.165, 1.54) is 5.56 Å². The average Bonchev–Trinajstić information content (AvgIpc) is 2.53. The van der Waals surface area contributed by atoms with Crippen LogP contribution in [0.2, 0.25) is 0 Å². The molecule has 2 N–H and O–H groups in total. The third-order valence-electron chi connectivity index (χ3n) is 3.13. The van der Waals surface area contributed by atoms with Gasteiger partial charge in [-0.1, -0.05) is 36.4 Å². The molecule has 0 aliphatic rings. The molecule has 110 valence electrons. The summed E-state index contributed by atoms with van der Waals surface area (Å²) >= 11 is 5.27. The van der Waals surface area contributed by atoms with Crippen molar-refractivity contribution < 1.29 is 4.74 Å². The Bertz CT molecular complexity index is 572. The molecule has 0 amide bonds. The summed E-state index contributed by atoms with van der Waals surface area (Å²) in [6.45, 7) is 0.830. The first-order valence-electron chi connectivity index (χ1n) is 7.01. The van der Waals surface area contributed by atoms with Gasteiger partial charge in [0.1, 0.15) is 5.75 Å². The topological polar surface area (TPSA) is 33.3 Å². The molecule has 0 heterocycles. The van der Waals surface area contributed by atoms with Gasteiger partial charge in [-0.3, -0.25) is 0 Å². The van der Waals surface area contributed by atoms with Gasteiger partial charge in [0.25, 0.3) is 0 Å². The number of ether oxygens (including phenoxy) is 1. The summed E-state index contributed by atoms with van der Waals surface area (Å²) in [7, 11) is 1.70. The maximum atomic E-state index is 5.34. The number of aryl methyl sites for hydroxylation is 1. The van der Waals surface area contributed by atoms with Gasteiger partial charge >= 0.3 is 0 Å². The number of benzene rings is 2. The molecule has 0 bridgehead atoms. The molecule has 0 spiro atoms. The van der Waals surface area contributed by atoms with E-state index in [2.05, 4.69) is 16.7 Å². The van der Waals surface area contributed by atoms with E-state index < -0.39 is 0 Å². The SMILES string of the molecule is COc1ccccc1CCCNC(=S)Nc1ccccc1. The second kappa shape index (κ2) is 8.27. The third-order valence-corrected chi connectivity index (χ3v) is 3.38. The monoisotopic (exact) mass is 300 g/mol. The Morgan fingerprint density at radius 3 is 2.52 bits per heavy atom. The van der Waals surface area contributed by atoms with Crippen LogP contribution in [-0.4, -0.2) is 18.8 Å². The zero-order chi connectivity index (χ0) is 14.9. The van der Waals surface area contributed by atoms with E-state index in [1.807, 2.05) is 48.5 Å². The first kappa shape index (κ1) is 15.3. The number of methoxy groups -OCH3 is 1. The van der Waals surface area contributed by atoms with Crippen molar-refractivity contribution in [2.24, 2.45) is 0 Å². The molecule has 3 nitrogen and oxygen atoms in total. The fraction of sp³-hybridized carbons (Fsp3) is 0.235. The van der Waals surface area contributed by atoms with E-state index in [1.54, 1.807) is 7.11 Å². The number of para-hydroxylation sites is 2. The van der Waals surface area contributed by atoms with Gasteiger partial charge in [0.05, 0.1) is 7.11 Å². The zero-order valence-electron chi connectivity index (χ0n) is 12.1. The van der Waals surface area contributed by atoms with E-state index >= 15 is 0 Å². The van der Waals surface area contributed by atoms with Gasteiger partial charge in [0.2, 0.25) is 0 Å². The van der Waals surface area contributed by atoms with Crippen molar-refractivity contribution >= 4 is 23.0 Å². The van der Waals surface area contributed by atoms with Gasteiger partial charge in [-0.2, -0.15) is 0 Å². The Morgan fingerprint density at radius 1 is 1.05 bits per heavy atom. The highest BCUT2D eigenvalue weighted by atomic mass is 32.1. The lowest BCUT2D eigenvalue weighted by Gasteiger charge is -2.11. The lowest BCUT2D eigenvalue weighted by Crippen LogP contribution is -2.29. The van der Waals surface area contributed by atoms with Crippen LogP contribution in [0.1, 0.15) is 12.0 Å². The number of anilines is 1. The minimum absolute atomic E-state index is 0.654. The molecule has 0 atom stereocenters. The Labute approximate surface area is 131 Å². The first-order valence-corrected chi connectivity index (χ1v) is 7.42. The van der Waals surface area contributed by atoms with Gasteiger partial charge < -0.3 is 15.4 Å². The number of nitrogens with one attached hydrogen (secondary N) is 2. The predicted molar refractivity (Wildman–Crippen MR) is 92.0 cm³/mol. The molecule has 2 aromatic carbocycles. The van der Waals surface area contributed by atoms with Crippen LogP contribution in [0, 0.1) is 0 Å². The minimum Gasteiger partial charge on any atom is -0.496 e. The number of rotatable bonds is 6. The summed E-state index contributed by atoms with van der Waals surface area (Å²) in [4.78, 5) is 0. The maximum Gasteiger partial charge on any atom is 0.170 e. The summed E-state index contributed by atoms with van der Waals surface area (Å²) in [5.74, 6) is 0.947. The van der Waals surface area contributed by atoms with Crippen LogP contribution in [0.3, 0.4) is 0 Å². The second-order valence-electron chi connectivity index (χ2n) is 4.66. The van der Waals surface area contributed by atoms with Gasteiger partial charge in [0, 0.05) is 12.2 Å². The molecule has 4 heteroatoms. The molecule has 0 aliphatic heterocycles. The van der Waals surface area contributed by atoms with Crippen LogP contribution in [0.15, 0.2) is 54.6 Å². The smallest absolute Gasteiger partial charge is 0.170 e. The minimum atomic E-state index is 0.654. The molecular weight excluding hydrogens is 280 g/mol. The third kappa shape index (κ3) is 5.08. The zero-order valence-corrected chi connectivity index (χ0v) is 13.0. The van der Waals surface area contributed by atoms with Crippen molar-refractivity contribution in [3.8, 4) is 5.75 Å². The molecule has 0 unspecified atom stereocenters. The number of thiocarbonyl (C=S) groups is 1. The molecule has 21 heavy (non-hydrogen) atoms. The molecule has 0 saturated heterocycles. The summed E-state index contributed by atoms with van der Waals surface area (Å²) in [6, 6.07) is 18.0. The van der Waals surface area contributed by atoms with E-state index in [0.717, 1.165) is 30.8 Å². The summed E-state index contributed by atoms with van der Waals surface area (Å²) in [5, 5.41) is 7.03. The molecule has 0 fully saturated rings. The standard InChI is InChI=1S/C17H20N2OS/c1-20-16-12-6-5-8-14(16)9-7-13-18-17(21)19-15-10-3-2-4-11-15/h2-6,8,10-12H,7,9,13H2,1H3,(H2,18,19,21). The van der Waals surface area contributed by atoms with Crippen molar-refractivity contribution in [3.05, 3.63) is 60.2 Å².